The van der Waals surface area contributed by atoms with Crippen LogP contribution in [0.25, 0.3) is 5.69 Å². The van der Waals surface area contributed by atoms with Crippen molar-refractivity contribution in [3.05, 3.63) is 65.4 Å². The summed E-state index contributed by atoms with van der Waals surface area (Å²) in [6.45, 7) is 3.17. The Labute approximate surface area is 185 Å². The molecular formula is C22H20N4O5S. The molecule has 1 aliphatic rings. The summed E-state index contributed by atoms with van der Waals surface area (Å²) in [5.41, 5.74) is 1.42. The molecule has 0 atom stereocenters. The van der Waals surface area contributed by atoms with Crippen molar-refractivity contribution in [1.82, 2.24) is 14.1 Å². The first-order valence-corrected chi connectivity index (χ1v) is 11.2. The second kappa shape index (κ2) is 8.01. The van der Waals surface area contributed by atoms with Gasteiger partial charge in [0.05, 0.1) is 18.4 Å². The Balaban J connectivity index is 1.70. The van der Waals surface area contributed by atoms with Gasteiger partial charge in [0.25, 0.3) is 15.9 Å². The van der Waals surface area contributed by atoms with Crippen molar-refractivity contribution in [2.75, 3.05) is 13.8 Å². The normalized spacial score (nSPS) is 14.3. The van der Waals surface area contributed by atoms with Crippen LogP contribution in [0.3, 0.4) is 0 Å². The number of nitriles is 1. The molecule has 2 aromatic carbocycles. The predicted octanol–water partition coefficient (Wildman–Crippen LogP) is 3.06. The van der Waals surface area contributed by atoms with Crippen LogP contribution >= 0.6 is 0 Å². The van der Waals surface area contributed by atoms with Crippen LogP contribution < -0.4 is 9.47 Å². The third kappa shape index (κ3) is 3.46. The van der Waals surface area contributed by atoms with E-state index in [1.165, 1.54) is 23.9 Å². The van der Waals surface area contributed by atoms with Crippen LogP contribution in [0.2, 0.25) is 0 Å². The number of ether oxygens (including phenoxy) is 2. The number of hydrogen-bond acceptors (Lipinski definition) is 7. The molecule has 0 aliphatic carbocycles. The molecule has 9 nitrogen and oxygen atoms in total. The van der Waals surface area contributed by atoms with Gasteiger partial charge in [0.1, 0.15) is 16.7 Å². The van der Waals surface area contributed by atoms with E-state index in [1.54, 1.807) is 30.3 Å². The summed E-state index contributed by atoms with van der Waals surface area (Å²) in [6.07, 6.45) is 0. The van der Waals surface area contributed by atoms with Gasteiger partial charge in [0.15, 0.2) is 12.4 Å². The average molecular weight is 452 g/mol. The molecule has 4 rings (SSSR count). The number of carbonyl (C=O) groups is 1. The molecule has 3 aromatic rings. The summed E-state index contributed by atoms with van der Waals surface area (Å²) in [6, 6.07) is 15.3. The van der Waals surface area contributed by atoms with Gasteiger partial charge in [-0.1, -0.05) is 32.0 Å². The van der Waals surface area contributed by atoms with E-state index >= 15 is 0 Å². The molecule has 0 fully saturated rings. The van der Waals surface area contributed by atoms with E-state index in [9.17, 15) is 18.5 Å². The van der Waals surface area contributed by atoms with Crippen LogP contribution in [-0.2, 0) is 10.0 Å². The quantitative estimate of drug-likeness (QED) is 0.564. The molecule has 0 saturated carbocycles. The molecular weight excluding hydrogens is 432 g/mol. The second-order valence-corrected chi connectivity index (χ2v) is 9.23. The minimum atomic E-state index is -4.15. The highest BCUT2D eigenvalue weighted by Gasteiger charge is 2.44. The van der Waals surface area contributed by atoms with Gasteiger partial charge in [-0.2, -0.15) is 19.3 Å². The van der Waals surface area contributed by atoms with Crippen molar-refractivity contribution in [2.45, 2.75) is 24.7 Å². The zero-order chi connectivity index (χ0) is 23.0. The van der Waals surface area contributed by atoms with Crippen LogP contribution in [-0.4, -0.2) is 42.3 Å². The Morgan fingerprint density at radius 2 is 1.88 bits per heavy atom. The summed E-state index contributed by atoms with van der Waals surface area (Å²) in [5, 5.41) is 13.4. The highest BCUT2D eigenvalue weighted by atomic mass is 32.2. The highest BCUT2D eigenvalue weighted by Crippen LogP contribution is 2.38. The van der Waals surface area contributed by atoms with Gasteiger partial charge in [0.2, 0.25) is 5.88 Å². The molecule has 164 valence electrons. The number of hydrogen-bond donors (Lipinski definition) is 0. The van der Waals surface area contributed by atoms with Crippen molar-refractivity contribution >= 4 is 15.9 Å². The second-order valence-electron chi connectivity index (χ2n) is 7.40. The third-order valence-electron chi connectivity index (χ3n) is 5.09. The van der Waals surface area contributed by atoms with Gasteiger partial charge in [0, 0.05) is 12.1 Å². The first-order chi connectivity index (χ1) is 15.3. The lowest BCUT2D eigenvalue weighted by Gasteiger charge is -2.16. The molecule has 10 heteroatoms. The third-order valence-corrected chi connectivity index (χ3v) is 6.82. The molecule has 0 N–H and O–H groups in total. The minimum absolute atomic E-state index is 0.0922. The van der Waals surface area contributed by atoms with Crippen LogP contribution in [0.1, 0.15) is 41.4 Å². The van der Waals surface area contributed by atoms with Crippen LogP contribution in [0.4, 0.5) is 0 Å². The number of carbonyl (C=O) groups excluding carboxylic acids is 1. The van der Waals surface area contributed by atoms with E-state index in [0.717, 1.165) is 0 Å². The number of sulfonamides is 1. The van der Waals surface area contributed by atoms with E-state index in [1.807, 2.05) is 26.0 Å². The smallest absolute Gasteiger partial charge is 0.272 e. The van der Waals surface area contributed by atoms with Gasteiger partial charge in [-0.25, -0.2) is 8.42 Å². The highest BCUT2D eigenvalue weighted by molar-refractivity contribution is 7.90. The number of fused-ring (bicyclic) bond motifs is 1. The number of benzene rings is 2. The first kappa shape index (κ1) is 21.4. The molecule has 0 bridgehead atoms. The van der Waals surface area contributed by atoms with Crippen LogP contribution in [0, 0.1) is 11.3 Å². The lowest BCUT2D eigenvalue weighted by molar-refractivity contribution is 0.0782. The average Bonchev–Trinajstić information content (AvgIpc) is 3.29. The van der Waals surface area contributed by atoms with Crippen LogP contribution in [0.5, 0.6) is 11.6 Å². The maximum atomic E-state index is 13.2. The Morgan fingerprint density at radius 1 is 1.16 bits per heavy atom. The van der Waals surface area contributed by atoms with Gasteiger partial charge < -0.3 is 9.47 Å². The molecule has 0 spiro atoms. The topological polar surface area (TPSA) is 115 Å². The molecule has 2 heterocycles. The zero-order valence-corrected chi connectivity index (χ0v) is 18.5. The van der Waals surface area contributed by atoms with E-state index in [-0.39, 0.29) is 28.0 Å². The van der Waals surface area contributed by atoms with E-state index in [2.05, 4.69) is 5.10 Å². The maximum Gasteiger partial charge on any atom is 0.272 e. The number of aromatic nitrogens is 2. The van der Waals surface area contributed by atoms with E-state index in [0.29, 0.717) is 21.3 Å². The summed E-state index contributed by atoms with van der Waals surface area (Å²) in [4.78, 5) is 13.0. The van der Waals surface area contributed by atoms with Gasteiger partial charge in [-0.3, -0.25) is 4.79 Å². The predicted molar refractivity (Wildman–Crippen MR) is 114 cm³/mol. The summed E-state index contributed by atoms with van der Waals surface area (Å²) >= 11 is 0. The van der Waals surface area contributed by atoms with Crippen molar-refractivity contribution in [3.63, 3.8) is 0 Å². The maximum absolute atomic E-state index is 13.2. The molecule has 0 unspecified atom stereocenters. The standard InChI is InChI=1S/C22H20N4O5S/c1-14(2)18-10-17(30-3)11-19-21(18)22(27)25(32(19,28)29)13-31-20-9-15(12-23)24-26(20)16-7-5-4-6-8-16/h4-11,14H,13H2,1-3H3. The Hall–Kier alpha value is -3.84. The van der Waals surface area contributed by atoms with Crippen LogP contribution in [0.15, 0.2) is 53.4 Å². The lowest BCUT2D eigenvalue weighted by Crippen LogP contribution is -2.34. The Kier molecular flexibility index (Phi) is 5.36. The monoisotopic (exact) mass is 452 g/mol. The number of nitrogens with zero attached hydrogens (tertiary/aromatic N) is 4. The molecule has 0 saturated heterocycles. The van der Waals surface area contributed by atoms with E-state index in [4.69, 9.17) is 9.47 Å². The van der Waals surface area contributed by atoms with Crippen molar-refractivity contribution in [3.8, 4) is 23.4 Å². The summed E-state index contributed by atoms with van der Waals surface area (Å²) in [7, 11) is -2.71. The Bertz CT molecular complexity index is 1340. The fourth-order valence-corrected chi connectivity index (χ4v) is 4.96. The minimum Gasteiger partial charge on any atom is -0.497 e. The van der Waals surface area contributed by atoms with Crippen molar-refractivity contribution < 1.29 is 22.7 Å². The molecule has 32 heavy (non-hydrogen) atoms. The zero-order valence-electron chi connectivity index (χ0n) is 17.6. The van der Waals surface area contributed by atoms with Gasteiger partial charge in [-0.15, -0.1) is 0 Å². The molecule has 1 aliphatic heterocycles. The lowest BCUT2D eigenvalue weighted by atomic mass is 9.96. The largest absolute Gasteiger partial charge is 0.497 e. The van der Waals surface area contributed by atoms with Crippen molar-refractivity contribution in [1.29, 1.82) is 5.26 Å². The number of rotatable bonds is 6. The van der Waals surface area contributed by atoms with Gasteiger partial charge in [-0.05, 0) is 29.7 Å². The van der Waals surface area contributed by atoms with Gasteiger partial charge >= 0.3 is 0 Å². The molecule has 1 amide bonds. The summed E-state index contributed by atoms with van der Waals surface area (Å²) in [5.74, 6) is -0.282. The molecule has 1 aromatic heterocycles. The number of methoxy groups -OCH3 is 1. The first-order valence-electron chi connectivity index (χ1n) is 9.75. The van der Waals surface area contributed by atoms with Crippen molar-refractivity contribution in [2.24, 2.45) is 0 Å². The molecule has 0 radical (unpaired) electrons. The van der Waals surface area contributed by atoms with E-state index < -0.39 is 22.7 Å². The fraction of sp³-hybridized carbons (Fsp3) is 0.227. The fourth-order valence-electron chi connectivity index (χ4n) is 3.50. The SMILES string of the molecule is COc1cc(C(C)C)c2c(c1)S(=O)(=O)N(COc1cc(C#N)nn1-c1ccccc1)C2=O. The number of para-hydroxylation sites is 1. The summed E-state index contributed by atoms with van der Waals surface area (Å²) < 4.78 is 39.3. The number of amides is 1. The Morgan fingerprint density at radius 3 is 2.50 bits per heavy atom.